The second-order valence-corrected chi connectivity index (χ2v) is 10.8. The minimum Gasteiger partial charge on any atom is -0.286 e. The lowest BCUT2D eigenvalue weighted by Crippen LogP contribution is -2.23. The molecule has 0 spiro atoms. The van der Waals surface area contributed by atoms with E-state index >= 15 is 0 Å². The van der Waals surface area contributed by atoms with Gasteiger partial charge in [-0.2, -0.15) is 0 Å². The standard InChI is InChI=1S/C17H15N3O.C16H12FN3O/c1-11-4-2-5-12(10-11)15-17(21)20(13-7-8-13)16-14(19-15)6-3-9-18-16;17-11-4-1-3-10(9-11)14-16(21)20(12-6-7-12)15-13(19-14)5-2-8-18-15/h2-6,9-10,13H,7-8H2,1H3;1-5,8-9,12H,6-7H2. The highest BCUT2D eigenvalue weighted by Crippen LogP contribution is 2.36. The largest absolute Gasteiger partial charge is 0.286 e. The maximum atomic E-state index is 13.4. The minimum atomic E-state index is -0.377. The second-order valence-electron chi connectivity index (χ2n) is 10.8. The molecule has 4 heterocycles. The van der Waals surface area contributed by atoms with Crippen LogP contribution in [0.25, 0.3) is 44.8 Å². The Bertz CT molecular complexity index is 1950. The van der Waals surface area contributed by atoms with E-state index in [2.05, 4.69) is 19.9 Å². The van der Waals surface area contributed by atoms with Crippen molar-refractivity contribution in [1.82, 2.24) is 29.1 Å². The first-order chi connectivity index (χ1) is 20.5. The van der Waals surface area contributed by atoms with E-state index in [9.17, 15) is 14.0 Å². The molecule has 2 fully saturated rings. The number of pyridine rings is 2. The van der Waals surface area contributed by atoms with Crippen LogP contribution in [0.2, 0.25) is 0 Å². The van der Waals surface area contributed by atoms with Crippen molar-refractivity contribution in [3.8, 4) is 22.5 Å². The van der Waals surface area contributed by atoms with Crippen LogP contribution in [0.3, 0.4) is 0 Å². The highest BCUT2D eigenvalue weighted by molar-refractivity contribution is 5.75. The van der Waals surface area contributed by atoms with Crippen molar-refractivity contribution in [2.24, 2.45) is 0 Å². The first-order valence-corrected chi connectivity index (χ1v) is 14.1. The SMILES string of the molecule is Cc1cccc(-c2nc3cccnc3n(C3CC3)c2=O)c1.O=c1c(-c2cccc(F)c2)nc2cccnc2n1C1CC1. The highest BCUT2D eigenvalue weighted by Gasteiger charge is 2.29. The smallest absolute Gasteiger partial charge is 0.278 e. The van der Waals surface area contributed by atoms with Gasteiger partial charge in [-0.15, -0.1) is 0 Å². The van der Waals surface area contributed by atoms with Crippen LogP contribution in [-0.2, 0) is 0 Å². The van der Waals surface area contributed by atoms with Gasteiger partial charge in [0.05, 0.1) is 0 Å². The van der Waals surface area contributed by atoms with E-state index in [0.29, 0.717) is 28.1 Å². The summed E-state index contributed by atoms with van der Waals surface area (Å²) in [6.45, 7) is 2.02. The Morgan fingerprint density at radius 2 is 1.17 bits per heavy atom. The molecular weight excluding hydrogens is 531 g/mol. The molecule has 0 N–H and O–H groups in total. The van der Waals surface area contributed by atoms with Crippen molar-refractivity contribution in [3.05, 3.63) is 117 Å². The van der Waals surface area contributed by atoms with Gasteiger partial charge in [0, 0.05) is 35.6 Å². The van der Waals surface area contributed by atoms with Crippen LogP contribution in [-0.4, -0.2) is 29.1 Å². The minimum absolute atomic E-state index is 0.0331. The van der Waals surface area contributed by atoms with Crippen LogP contribution < -0.4 is 11.1 Å². The molecule has 6 aromatic rings. The van der Waals surface area contributed by atoms with Gasteiger partial charge in [0.25, 0.3) is 11.1 Å². The van der Waals surface area contributed by atoms with Crippen molar-refractivity contribution >= 4 is 22.3 Å². The summed E-state index contributed by atoms with van der Waals surface area (Å²) in [5, 5.41) is 0. The molecule has 8 rings (SSSR count). The maximum absolute atomic E-state index is 13.4. The summed E-state index contributed by atoms with van der Waals surface area (Å²) in [6.07, 6.45) is 7.40. The molecule has 0 bridgehead atoms. The molecule has 0 aliphatic heterocycles. The van der Waals surface area contributed by atoms with Gasteiger partial charge in [-0.3, -0.25) is 18.7 Å². The second kappa shape index (κ2) is 10.4. The Labute approximate surface area is 240 Å². The Kier molecular flexibility index (Phi) is 6.42. The molecule has 0 saturated heterocycles. The van der Waals surface area contributed by atoms with Crippen LogP contribution >= 0.6 is 0 Å². The monoisotopic (exact) mass is 558 g/mol. The molecule has 42 heavy (non-hydrogen) atoms. The van der Waals surface area contributed by atoms with Crippen molar-refractivity contribution in [3.63, 3.8) is 0 Å². The molecule has 8 nitrogen and oxygen atoms in total. The quantitative estimate of drug-likeness (QED) is 0.262. The summed E-state index contributed by atoms with van der Waals surface area (Å²) in [4.78, 5) is 43.1. The van der Waals surface area contributed by atoms with Gasteiger partial charge in [0.1, 0.15) is 28.2 Å². The molecular formula is C33H27FN6O2. The summed E-state index contributed by atoms with van der Waals surface area (Å²) in [6, 6.07) is 21.7. The lowest BCUT2D eigenvalue weighted by molar-refractivity contribution is 0.628. The number of aryl methyl sites for hydroxylation is 1. The molecule has 2 aliphatic rings. The summed E-state index contributed by atoms with van der Waals surface area (Å²) < 4.78 is 16.9. The summed E-state index contributed by atoms with van der Waals surface area (Å²) in [5.41, 5.74) is 5.80. The Balaban J connectivity index is 0.000000137. The Hall–Kier alpha value is -5.05. The third-order valence-corrected chi connectivity index (χ3v) is 7.51. The highest BCUT2D eigenvalue weighted by atomic mass is 19.1. The maximum Gasteiger partial charge on any atom is 0.278 e. The molecule has 0 radical (unpaired) electrons. The van der Waals surface area contributed by atoms with E-state index < -0.39 is 0 Å². The summed E-state index contributed by atoms with van der Waals surface area (Å²) in [7, 11) is 0. The van der Waals surface area contributed by atoms with E-state index in [1.54, 1.807) is 35.2 Å². The lowest BCUT2D eigenvalue weighted by atomic mass is 10.1. The molecule has 2 aliphatic carbocycles. The predicted molar refractivity (Wildman–Crippen MR) is 160 cm³/mol. The molecule has 2 aromatic carbocycles. The number of fused-ring (bicyclic) bond motifs is 2. The van der Waals surface area contributed by atoms with Crippen molar-refractivity contribution in [2.75, 3.05) is 0 Å². The third-order valence-electron chi connectivity index (χ3n) is 7.51. The van der Waals surface area contributed by atoms with Gasteiger partial charge < -0.3 is 0 Å². The number of hydrogen-bond donors (Lipinski definition) is 0. The topological polar surface area (TPSA) is 95.6 Å². The number of rotatable bonds is 4. The summed E-state index contributed by atoms with van der Waals surface area (Å²) >= 11 is 0. The zero-order valence-electron chi connectivity index (χ0n) is 22.9. The fourth-order valence-electron chi connectivity index (χ4n) is 5.23. The van der Waals surface area contributed by atoms with Crippen LogP contribution in [0.1, 0.15) is 43.3 Å². The lowest BCUT2D eigenvalue weighted by Gasteiger charge is -2.10. The average molecular weight is 559 g/mol. The van der Waals surface area contributed by atoms with Gasteiger partial charge in [0.15, 0.2) is 11.3 Å². The van der Waals surface area contributed by atoms with Crippen LogP contribution in [0, 0.1) is 12.7 Å². The predicted octanol–water partition coefficient (Wildman–Crippen LogP) is 6.03. The van der Waals surface area contributed by atoms with Crippen LogP contribution in [0.4, 0.5) is 4.39 Å². The number of benzene rings is 2. The molecule has 0 amide bonds. The number of hydrogen-bond acceptors (Lipinski definition) is 6. The molecule has 9 heteroatoms. The average Bonchev–Trinajstić information content (AvgIpc) is 3.92. The van der Waals surface area contributed by atoms with Crippen molar-refractivity contribution in [2.45, 2.75) is 44.7 Å². The zero-order chi connectivity index (χ0) is 28.8. The van der Waals surface area contributed by atoms with Crippen LogP contribution in [0.5, 0.6) is 0 Å². The fourth-order valence-corrected chi connectivity index (χ4v) is 5.23. The third kappa shape index (κ3) is 4.87. The number of nitrogens with zero attached hydrogens (tertiary/aromatic N) is 6. The first-order valence-electron chi connectivity index (χ1n) is 14.1. The summed E-state index contributed by atoms with van der Waals surface area (Å²) in [5.74, 6) is -0.377. The molecule has 208 valence electrons. The van der Waals surface area contributed by atoms with E-state index in [-0.39, 0.29) is 34.7 Å². The normalized spacial score (nSPS) is 14.5. The van der Waals surface area contributed by atoms with E-state index in [1.807, 2.05) is 54.0 Å². The van der Waals surface area contributed by atoms with Gasteiger partial charge in [-0.05, 0) is 75.1 Å². The van der Waals surface area contributed by atoms with Crippen molar-refractivity contribution < 1.29 is 4.39 Å². The van der Waals surface area contributed by atoms with Gasteiger partial charge in [0.2, 0.25) is 0 Å². The number of halogens is 1. The van der Waals surface area contributed by atoms with Crippen LogP contribution in [0.15, 0.2) is 94.8 Å². The molecule has 2 saturated carbocycles. The molecule has 0 atom stereocenters. The van der Waals surface area contributed by atoms with E-state index in [0.717, 1.165) is 42.3 Å². The zero-order valence-corrected chi connectivity index (χ0v) is 22.9. The Morgan fingerprint density at radius 3 is 1.64 bits per heavy atom. The van der Waals surface area contributed by atoms with Gasteiger partial charge in [-0.1, -0.05) is 35.9 Å². The van der Waals surface area contributed by atoms with Crippen molar-refractivity contribution in [1.29, 1.82) is 0 Å². The molecule has 4 aromatic heterocycles. The van der Waals surface area contributed by atoms with E-state index in [4.69, 9.17) is 0 Å². The number of aromatic nitrogens is 6. The van der Waals surface area contributed by atoms with E-state index in [1.165, 1.54) is 12.1 Å². The molecule has 0 unspecified atom stereocenters. The van der Waals surface area contributed by atoms with Gasteiger partial charge in [-0.25, -0.2) is 24.3 Å². The fraction of sp³-hybridized carbons (Fsp3) is 0.212. The Morgan fingerprint density at radius 1 is 0.667 bits per heavy atom. The van der Waals surface area contributed by atoms with Gasteiger partial charge >= 0.3 is 0 Å². The first kappa shape index (κ1) is 25.9.